The zero-order valence-electron chi connectivity index (χ0n) is 11.1. The van der Waals surface area contributed by atoms with Gasteiger partial charge < -0.3 is 10.6 Å². The van der Waals surface area contributed by atoms with Crippen LogP contribution in [0.3, 0.4) is 0 Å². The lowest BCUT2D eigenvalue weighted by molar-refractivity contribution is 0.628. The van der Waals surface area contributed by atoms with Crippen LogP contribution < -0.4 is 10.6 Å². The molecule has 2 N–H and O–H groups in total. The first kappa shape index (κ1) is 12.9. The van der Waals surface area contributed by atoms with Crippen LogP contribution in [0.5, 0.6) is 0 Å². The van der Waals surface area contributed by atoms with E-state index in [1.165, 1.54) is 0 Å². The monoisotopic (exact) mass is 224 g/mol. The number of nitrogen functional groups attached to an aromatic ring is 1. The molecule has 1 aromatic heterocycles. The van der Waals surface area contributed by atoms with Crippen LogP contribution in [-0.4, -0.2) is 22.4 Å². The van der Waals surface area contributed by atoms with Crippen molar-refractivity contribution in [1.29, 1.82) is 0 Å². The molecule has 4 heteroatoms. The summed E-state index contributed by atoms with van der Waals surface area (Å²) in [6.07, 6.45) is 2.00. The zero-order chi connectivity index (χ0) is 12.3. The van der Waals surface area contributed by atoms with Crippen molar-refractivity contribution in [2.24, 2.45) is 7.05 Å². The van der Waals surface area contributed by atoms with Crippen LogP contribution in [0.2, 0.25) is 0 Å². The van der Waals surface area contributed by atoms with Gasteiger partial charge in [-0.05, 0) is 26.7 Å². The van der Waals surface area contributed by atoms with Crippen molar-refractivity contribution in [3.63, 3.8) is 0 Å². The molecular formula is C12H24N4. The van der Waals surface area contributed by atoms with Gasteiger partial charge in [0.1, 0.15) is 0 Å². The molecule has 0 atom stereocenters. The normalized spacial score (nSPS) is 11.1. The average Bonchev–Trinajstić information content (AvgIpc) is 2.51. The van der Waals surface area contributed by atoms with Gasteiger partial charge in [-0.25, -0.2) is 0 Å². The van der Waals surface area contributed by atoms with Gasteiger partial charge in [-0.3, -0.25) is 4.68 Å². The smallest absolute Gasteiger partial charge is 0.150 e. The number of nitrogens with two attached hydrogens (primary N) is 1. The second-order valence-corrected chi connectivity index (χ2v) is 4.45. The number of hydrogen-bond acceptors (Lipinski definition) is 3. The topological polar surface area (TPSA) is 47.1 Å². The summed E-state index contributed by atoms with van der Waals surface area (Å²) >= 11 is 0. The van der Waals surface area contributed by atoms with Crippen LogP contribution in [0, 0.1) is 0 Å². The molecule has 0 fully saturated rings. The Morgan fingerprint density at radius 1 is 1.38 bits per heavy atom. The molecule has 16 heavy (non-hydrogen) atoms. The predicted molar refractivity (Wildman–Crippen MR) is 69.8 cm³/mol. The van der Waals surface area contributed by atoms with Crippen molar-refractivity contribution in [2.75, 3.05) is 17.2 Å². The second-order valence-electron chi connectivity index (χ2n) is 4.45. The molecule has 92 valence electrons. The number of aryl methyl sites for hydroxylation is 2. The highest BCUT2D eigenvalue weighted by Crippen LogP contribution is 2.28. The molecule has 0 bridgehead atoms. The third-order valence-corrected chi connectivity index (χ3v) is 2.82. The minimum atomic E-state index is 0.447. The second kappa shape index (κ2) is 5.23. The van der Waals surface area contributed by atoms with Crippen LogP contribution in [0.1, 0.15) is 39.8 Å². The summed E-state index contributed by atoms with van der Waals surface area (Å²) in [5.74, 6) is 1.06. The Morgan fingerprint density at radius 2 is 2.00 bits per heavy atom. The molecule has 0 aliphatic heterocycles. The summed E-state index contributed by atoms with van der Waals surface area (Å²) < 4.78 is 1.91. The van der Waals surface area contributed by atoms with Crippen molar-refractivity contribution in [1.82, 2.24) is 9.78 Å². The average molecular weight is 224 g/mol. The van der Waals surface area contributed by atoms with E-state index in [2.05, 4.69) is 37.7 Å². The van der Waals surface area contributed by atoms with Gasteiger partial charge in [0.05, 0.1) is 11.4 Å². The lowest BCUT2D eigenvalue weighted by Crippen LogP contribution is -2.33. The molecule has 1 heterocycles. The van der Waals surface area contributed by atoms with E-state index >= 15 is 0 Å². The Morgan fingerprint density at radius 3 is 2.38 bits per heavy atom. The van der Waals surface area contributed by atoms with Crippen molar-refractivity contribution in [3.05, 3.63) is 5.69 Å². The quantitative estimate of drug-likeness (QED) is 0.834. The van der Waals surface area contributed by atoms with Crippen LogP contribution in [0.4, 0.5) is 11.5 Å². The van der Waals surface area contributed by atoms with Crippen molar-refractivity contribution >= 4 is 11.5 Å². The number of anilines is 2. The highest BCUT2D eigenvalue weighted by atomic mass is 15.4. The van der Waals surface area contributed by atoms with Crippen LogP contribution >= 0.6 is 0 Å². The summed E-state index contributed by atoms with van der Waals surface area (Å²) in [6.45, 7) is 9.66. The van der Waals surface area contributed by atoms with Gasteiger partial charge in [-0.2, -0.15) is 5.10 Å². The SMILES string of the molecule is CCCN(c1c(N)c(CC)nn1C)C(C)C. The van der Waals surface area contributed by atoms with E-state index < -0.39 is 0 Å². The Balaban J connectivity index is 3.13. The number of rotatable bonds is 5. The summed E-state index contributed by atoms with van der Waals surface area (Å²) in [7, 11) is 1.97. The molecule has 0 aromatic carbocycles. The van der Waals surface area contributed by atoms with E-state index in [1.54, 1.807) is 0 Å². The van der Waals surface area contributed by atoms with Gasteiger partial charge in [-0.1, -0.05) is 13.8 Å². The fourth-order valence-electron chi connectivity index (χ4n) is 2.04. The number of nitrogens with zero attached hydrogens (tertiary/aromatic N) is 3. The van der Waals surface area contributed by atoms with Crippen molar-refractivity contribution in [2.45, 2.75) is 46.6 Å². The first-order valence-corrected chi connectivity index (χ1v) is 6.10. The van der Waals surface area contributed by atoms with Crippen LogP contribution in [0.25, 0.3) is 0 Å². The highest BCUT2D eigenvalue weighted by Gasteiger charge is 2.19. The summed E-state index contributed by atoms with van der Waals surface area (Å²) in [6, 6.07) is 0.447. The van der Waals surface area contributed by atoms with Gasteiger partial charge in [0, 0.05) is 19.6 Å². The highest BCUT2D eigenvalue weighted by molar-refractivity contribution is 5.66. The van der Waals surface area contributed by atoms with Gasteiger partial charge in [0.15, 0.2) is 5.82 Å². The van der Waals surface area contributed by atoms with Gasteiger partial charge in [0.2, 0.25) is 0 Å². The van der Waals surface area contributed by atoms with Crippen molar-refractivity contribution in [3.8, 4) is 0 Å². The summed E-state index contributed by atoms with van der Waals surface area (Å²) in [4.78, 5) is 2.32. The zero-order valence-corrected chi connectivity index (χ0v) is 11.1. The minimum Gasteiger partial charge on any atom is -0.394 e. The molecule has 0 aliphatic rings. The molecule has 0 radical (unpaired) electrons. The van der Waals surface area contributed by atoms with E-state index in [0.717, 1.165) is 36.6 Å². The molecule has 0 unspecified atom stereocenters. The van der Waals surface area contributed by atoms with E-state index in [4.69, 9.17) is 5.73 Å². The van der Waals surface area contributed by atoms with E-state index in [9.17, 15) is 0 Å². The maximum atomic E-state index is 6.16. The molecule has 0 saturated heterocycles. The molecule has 0 amide bonds. The molecular weight excluding hydrogens is 200 g/mol. The molecule has 4 nitrogen and oxygen atoms in total. The lowest BCUT2D eigenvalue weighted by atomic mass is 10.2. The van der Waals surface area contributed by atoms with Crippen LogP contribution in [0.15, 0.2) is 0 Å². The molecule has 0 spiro atoms. The number of hydrogen-bond donors (Lipinski definition) is 1. The Bertz CT molecular complexity index is 341. The fourth-order valence-corrected chi connectivity index (χ4v) is 2.04. The van der Waals surface area contributed by atoms with E-state index in [1.807, 2.05) is 11.7 Å². The fraction of sp³-hybridized carbons (Fsp3) is 0.750. The molecule has 0 aliphatic carbocycles. The molecule has 1 aromatic rings. The third-order valence-electron chi connectivity index (χ3n) is 2.82. The number of aromatic nitrogens is 2. The van der Waals surface area contributed by atoms with Crippen LogP contribution in [-0.2, 0) is 13.5 Å². The molecule has 0 saturated carbocycles. The lowest BCUT2D eigenvalue weighted by Gasteiger charge is -2.28. The van der Waals surface area contributed by atoms with Gasteiger partial charge >= 0.3 is 0 Å². The standard InChI is InChI=1S/C12H24N4/c1-6-8-16(9(3)4)12-11(13)10(7-2)14-15(12)5/h9H,6-8,13H2,1-5H3. The maximum absolute atomic E-state index is 6.16. The van der Waals surface area contributed by atoms with E-state index in [-0.39, 0.29) is 0 Å². The Kier molecular flexibility index (Phi) is 4.21. The summed E-state index contributed by atoms with van der Waals surface area (Å²) in [5.41, 5.74) is 8.00. The summed E-state index contributed by atoms with van der Waals surface area (Å²) in [5, 5.41) is 4.46. The molecule has 1 rings (SSSR count). The Hall–Kier alpha value is -1.19. The van der Waals surface area contributed by atoms with Gasteiger partial charge in [0.25, 0.3) is 0 Å². The first-order valence-electron chi connectivity index (χ1n) is 6.10. The van der Waals surface area contributed by atoms with E-state index in [0.29, 0.717) is 6.04 Å². The largest absolute Gasteiger partial charge is 0.394 e. The third kappa shape index (κ3) is 2.31. The van der Waals surface area contributed by atoms with Gasteiger partial charge in [-0.15, -0.1) is 0 Å². The van der Waals surface area contributed by atoms with Crippen molar-refractivity contribution < 1.29 is 0 Å². The minimum absolute atomic E-state index is 0.447. The Labute approximate surface area is 98.4 Å². The maximum Gasteiger partial charge on any atom is 0.150 e. The first-order chi connectivity index (χ1) is 7.52. The predicted octanol–water partition coefficient (Wildman–Crippen LogP) is 2.19.